The lowest BCUT2D eigenvalue weighted by Crippen LogP contribution is -2.15. The molecule has 36 heavy (non-hydrogen) atoms. The van der Waals surface area contributed by atoms with Gasteiger partial charge in [0.05, 0.1) is 16.7 Å². The third kappa shape index (κ3) is 4.22. The smallest absolute Gasteiger partial charge is 0.197 e. The van der Waals surface area contributed by atoms with Crippen molar-refractivity contribution in [1.29, 1.82) is 0 Å². The van der Waals surface area contributed by atoms with E-state index in [-0.39, 0.29) is 5.82 Å². The Morgan fingerprint density at radius 1 is 1.00 bits per heavy atom. The number of nitrogens with one attached hydrogen (secondary N) is 2. The molecule has 1 aliphatic rings. The zero-order valence-corrected chi connectivity index (χ0v) is 20.0. The van der Waals surface area contributed by atoms with E-state index in [1.54, 1.807) is 6.08 Å². The maximum absolute atomic E-state index is 14.0. The number of fused-ring (bicyclic) bond motifs is 1. The molecule has 0 unspecified atom stereocenters. The standard InChI is InChI=1S/C28H22ClFN6/c29-24-15-20(30)12-13-22(24)28(18-3-1-4-18)27(21-5-2-6-25-23(21)16-31-32-25)19-10-7-17(8-11-19)9-14-26-33-35-36-34-26/h2,5-16,18H,1,3-4H2,(H,31,32)(H,33,34,35,36). The van der Waals surface area contributed by atoms with Crippen LogP contribution in [0.4, 0.5) is 4.39 Å². The molecule has 8 heteroatoms. The highest BCUT2D eigenvalue weighted by Gasteiger charge is 2.29. The minimum absolute atomic E-state index is 0.336. The Morgan fingerprint density at radius 2 is 1.86 bits per heavy atom. The minimum Gasteiger partial charge on any atom is -0.278 e. The van der Waals surface area contributed by atoms with Crippen LogP contribution in [0.25, 0.3) is 34.2 Å². The quantitative estimate of drug-likeness (QED) is 0.253. The van der Waals surface area contributed by atoms with Crippen molar-refractivity contribution < 1.29 is 4.39 Å². The summed E-state index contributed by atoms with van der Waals surface area (Å²) >= 11 is 6.66. The molecular weight excluding hydrogens is 475 g/mol. The van der Waals surface area contributed by atoms with E-state index in [1.165, 1.54) is 12.1 Å². The van der Waals surface area contributed by atoms with Gasteiger partial charge in [0.1, 0.15) is 5.82 Å². The van der Waals surface area contributed by atoms with E-state index in [0.717, 1.165) is 63.6 Å². The van der Waals surface area contributed by atoms with Crippen molar-refractivity contribution in [3.63, 3.8) is 0 Å². The Labute approximate surface area is 211 Å². The van der Waals surface area contributed by atoms with Gasteiger partial charge in [-0.2, -0.15) is 10.3 Å². The molecule has 0 amide bonds. The first kappa shape index (κ1) is 22.4. The monoisotopic (exact) mass is 496 g/mol. The first-order valence-corrected chi connectivity index (χ1v) is 12.2. The van der Waals surface area contributed by atoms with E-state index >= 15 is 0 Å². The van der Waals surface area contributed by atoms with Crippen molar-refractivity contribution in [3.8, 4) is 0 Å². The van der Waals surface area contributed by atoms with Gasteiger partial charge in [-0.05, 0) is 81.6 Å². The highest BCUT2D eigenvalue weighted by Crippen LogP contribution is 2.47. The summed E-state index contributed by atoms with van der Waals surface area (Å²) in [6.07, 6.45) is 8.91. The average Bonchev–Trinajstić information content (AvgIpc) is 3.55. The molecule has 178 valence electrons. The summed E-state index contributed by atoms with van der Waals surface area (Å²) in [5.74, 6) is 0.514. The van der Waals surface area contributed by atoms with Gasteiger partial charge < -0.3 is 0 Å². The Balaban J connectivity index is 1.56. The summed E-state index contributed by atoms with van der Waals surface area (Å²) in [4.78, 5) is 0. The Morgan fingerprint density at radius 3 is 2.58 bits per heavy atom. The molecule has 1 fully saturated rings. The van der Waals surface area contributed by atoms with Gasteiger partial charge >= 0.3 is 0 Å². The van der Waals surface area contributed by atoms with Crippen LogP contribution in [-0.4, -0.2) is 30.8 Å². The molecule has 0 spiro atoms. The summed E-state index contributed by atoms with van der Waals surface area (Å²) in [7, 11) is 0. The van der Waals surface area contributed by atoms with Crippen LogP contribution in [-0.2, 0) is 0 Å². The first-order chi connectivity index (χ1) is 17.7. The Bertz CT molecular complexity index is 1580. The number of tetrazole rings is 1. The summed E-state index contributed by atoms with van der Waals surface area (Å²) < 4.78 is 14.0. The van der Waals surface area contributed by atoms with Crippen LogP contribution in [0.3, 0.4) is 0 Å². The van der Waals surface area contributed by atoms with Crippen molar-refractivity contribution in [2.75, 3.05) is 0 Å². The fourth-order valence-corrected chi connectivity index (χ4v) is 5.05. The van der Waals surface area contributed by atoms with E-state index in [0.29, 0.717) is 16.8 Å². The summed E-state index contributed by atoms with van der Waals surface area (Å²) in [6, 6.07) is 19.2. The molecule has 2 aromatic heterocycles. The second-order valence-electron chi connectivity index (χ2n) is 8.90. The molecule has 6 rings (SSSR count). The number of rotatable bonds is 6. The molecular formula is C28H22ClFN6. The van der Waals surface area contributed by atoms with Gasteiger partial charge in [-0.1, -0.05) is 66.6 Å². The average molecular weight is 497 g/mol. The van der Waals surface area contributed by atoms with Crippen molar-refractivity contribution in [2.24, 2.45) is 5.92 Å². The van der Waals surface area contributed by atoms with Gasteiger partial charge in [0.15, 0.2) is 5.82 Å². The molecule has 3 aromatic carbocycles. The lowest BCUT2D eigenvalue weighted by atomic mass is 9.72. The number of allylic oxidation sites excluding steroid dienone is 1. The highest BCUT2D eigenvalue weighted by molar-refractivity contribution is 6.33. The number of benzene rings is 3. The van der Waals surface area contributed by atoms with Crippen LogP contribution in [0, 0.1) is 11.7 Å². The normalized spacial score (nSPS) is 14.8. The van der Waals surface area contributed by atoms with Crippen LogP contribution >= 0.6 is 11.6 Å². The van der Waals surface area contributed by atoms with E-state index in [9.17, 15) is 4.39 Å². The zero-order valence-electron chi connectivity index (χ0n) is 19.2. The molecule has 0 aliphatic heterocycles. The van der Waals surface area contributed by atoms with Gasteiger partial charge in [0, 0.05) is 5.39 Å². The summed E-state index contributed by atoms with van der Waals surface area (Å²) in [6.45, 7) is 0. The Kier molecular flexibility index (Phi) is 5.91. The summed E-state index contributed by atoms with van der Waals surface area (Å²) in [5, 5.41) is 22.8. The van der Waals surface area contributed by atoms with Crippen LogP contribution in [0.1, 0.15) is 47.3 Å². The van der Waals surface area contributed by atoms with Crippen molar-refractivity contribution in [2.45, 2.75) is 19.3 Å². The molecule has 0 radical (unpaired) electrons. The fourth-order valence-electron chi connectivity index (χ4n) is 4.78. The van der Waals surface area contributed by atoms with Crippen LogP contribution in [0.5, 0.6) is 0 Å². The lowest BCUT2D eigenvalue weighted by molar-refractivity contribution is 0.401. The SMILES string of the molecule is Fc1ccc(C(=C(c2ccc(C=Cc3nn[nH]n3)cc2)c2cccc3[nH]ncc23)C2CCC2)c(Cl)c1. The number of aromatic nitrogens is 6. The molecule has 5 aromatic rings. The van der Waals surface area contributed by atoms with Crippen LogP contribution < -0.4 is 0 Å². The van der Waals surface area contributed by atoms with E-state index < -0.39 is 0 Å². The lowest BCUT2D eigenvalue weighted by Gasteiger charge is -2.32. The van der Waals surface area contributed by atoms with Gasteiger partial charge in [0.25, 0.3) is 0 Å². The third-order valence-corrected chi connectivity index (χ3v) is 7.06. The van der Waals surface area contributed by atoms with Gasteiger partial charge in [-0.3, -0.25) is 5.10 Å². The molecule has 0 bridgehead atoms. The number of H-pyrrole nitrogens is 2. The summed E-state index contributed by atoms with van der Waals surface area (Å²) in [5.41, 5.74) is 7.21. The van der Waals surface area contributed by atoms with Gasteiger partial charge in [0.2, 0.25) is 0 Å². The molecule has 6 nitrogen and oxygen atoms in total. The maximum atomic E-state index is 14.0. The molecule has 0 saturated heterocycles. The third-order valence-electron chi connectivity index (χ3n) is 6.74. The second kappa shape index (κ2) is 9.51. The topological polar surface area (TPSA) is 83.1 Å². The van der Waals surface area contributed by atoms with Crippen molar-refractivity contribution in [3.05, 3.63) is 106 Å². The van der Waals surface area contributed by atoms with E-state index in [4.69, 9.17) is 11.6 Å². The first-order valence-electron chi connectivity index (χ1n) is 11.8. The number of nitrogens with zero attached hydrogens (tertiary/aromatic N) is 4. The van der Waals surface area contributed by atoms with E-state index in [1.807, 2.05) is 30.5 Å². The number of hydrogen-bond acceptors (Lipinski definition) is 4. The predicted molar refractivity (Wildman–Crippen MR) is 140 cm³/mol. The predicted octanol–water partition coefficient (Wildman–Crippen LogP) is 6.80. The highest BCUT2D eigenvalue weighted by atomic mass is 35.5. The van der Waals surface area contributed by atoms with Crippen LogP contribution in [0.15, 0.2) is 66.9 Å². The van der Waals surface area contributed by atoms with Crippen LogP contribution in [0.2, 0.25) is 5.02 Å². The van der Waals surface area contributed by atoms with Crippen molar-refractivity contribution >= 4 is 45.8 Å². The van der Waals surface area contributed by atoms with E-state index in [2.05, 4.69) is 61.2 Å². The number of aromatic amines is 2. The molecule has 0 atom stereocenters. The van der Waals surface area contributed by atoms with Crippen molar-refractivity contribution in [1.82, 2.24) is 30.8 Å². The van der Waals surface area contributed by atoms with Gasteiger partial charge in [-0.15, -0.1) is 10.2 Å². The Hall–Kier alpha value is -4.10. The molecule has 2 N–H and O–H groups in total. The maximum Gasteiger partial charge on any atom is 0.197 e. The number of hydrogen-bond donors (Lipinski definition) is 2. The second-order valence-corrected chi connectivity index (χ2v) is 9.31. The minimum atomic E-state index is -0.340. The number of halogens is 2. The van der Waals surface area contributed by atoms with Gasteiger partial charge in [-0.25, -0.2) is 4.39 Å². The molecule has 1 aliphatic carbocycles. The zero-order chi connectivity index (χ0) is 24.5. The molecule has 1 saturated carbocycles. The molecule has 2 heterocycles. The largest absolute Gasteiger partial charge is 0.278 e. The fraction of sp³-hybridized carbons (Fsp3) is 0.143.